The maximum absolute atomic E-state index is 6.99. The molecule has 1 nitrogen and oxygen atoms in total. The van der Waals surface area contributed by atoms with E-state index in [1.807, 2.05) is 0 Å². The molecule has 150 valence electrons. The monoisotopic (exact) mass is 392 g/mol. The summed E-state index contributed by atoms with van der Waals surface area (Å²) < 4.78 is 6.99. The zero-order valence-electron chi connectivity index (χ0n) is 17.9. The molecule has 1 saturated carbocycles. The van der Waals surface area contributed by atoms with Gasteiger partial charge >= 0.3 is 0 Å². The lowest BCUT2D eigenvalue weighted by molar-refractivity contribution is 0.228. The Bertz CT molecular complexity index is 738. The van der Waals surface area contributed by atoms with Crippen molar-refractivity contribution < 1.29 is 4.43 Å². The van der Waals surface area contributed by atoms with Crippen molar-refractivity contribution in [1.29, 1.82) is 0 Å². The average molecular weight is 393 g/mol. The van der Waals surface area contributed by atoms with E-state index in [-0.39, 0.29) is 0 Å². The Morgan fingerprint density at radius 3 is 2.11 bits per heavy atom. The number of aryl methyl sites for hydroxylation is 1. The quantitative estimate of drug-likeness (QED) is 0.398. The van der Waals surface area contributed by atoms with Crippen LogP contribution in [0.2, 0.25) is 18.1 Å². The van der Waals surface area contributed by atoms with Crippen LogP contribution in [0.1, 0.15) is 57.6 Å². The molecule has 0 amide bonds. The SMILES string of the molecule is CC[Si](CC)(CC)OC1CCC/C1=C(/CCc1ccccc1)c1ccccc1. The van der Waals surface area contributed by atoms with Crippen LogP contribution >= 0.6 is 0 Å². The molecule has 1 aliphatic carbocycles. The van der Waals surface area contributed by atoms with Gasteiger partial charge in [-0.3, -0.25) is 0 Å². The predicted octanol–water partition coefficient (Wildman–Crippen LogP) is 7.65. The fraction of sp³-hybridized carbons (Fsp3) is 0.462. The number of hydrogen-bond donors (Lipinski definition) is 0. The van der Waals surface area contributed by atoms with Gasteiger partial charge in [-0.1, -0.05) is 81.4 Å². The van der Waals surface area contributed by atoms with Crippen LogP contribution in [0, 0.1) is 0 Å². The van der Waals surface area contributed by atoms with E-state index < -0.39 is 8.32 Å². The Balaban J connectivity index is 1.91. The Hall–Kier alpha value is -1.64. The highest BCUT2D eigenvalue weighted by Gasteiger charge is 2.35. The van der Waals surface area contributed by atoms with Gasteiger partial charge in [-0.25, -0.2) is 0 Å². The Kier molecular flexibility index (Phi) is 7.70. The van der Waals surface area contributed by atoms with Gasteiger partial charge in [0.05, 0.1) is 6.10 Å². The van der Waals surface area contributed by atoms with E-state index in [0.29, 0.717) is 6.10 Å². The first-order valence-electron chi connectivity index (χ1n) is 11.2. The molecular weight excluding hydrogens is 356 g/mol. The molecule has 2 heteroatoms. The minimum Gasteiger partial charge on any atom is -0.410 e. The van der Waals surface area contributed by atoms with Crippen molar-refractivity contribution in [1.82, 2.24) is 0 Å². The molecule has 0 spiro atoms. The molecule has 1 fully saturated rings. The van der Waals surface area contributed by atoms with Crippen molar-refractivity contribution in [2.45, 2.75) is 77.1 Å². The zero-order chi connectivity index (χ0) is 19.8. The van der Waals surface area contributed by atoms with E-state index in [2.05, 4.69) is 81.4 Å². The minimum absolute atomic E-state index is 0.345. The molecule has 28 heavy (non-hydrogen) atoms. The Morgan fingerprint density at radius 1 is 0.893 bits per heavy atom. The molecule has 2 aromatic carbocycles. The van der Waals surface area contributed by atoms with Crippen LogP contribution in [0.15, 0.2) is 66.2 Å². The second-order valence-electron chi connectivity index (χ2n) is 8.10. The van der Waals surface area contributed by atoms with Gasteiger partial charge in [0.2, 0.25) is 0 Å². The molecule has 3 rings (SSSR count). The number of allylic oxidation sites excluding steroid dienone is 1. The lowest BCUT2D eigenvalue weighted by Gasteiger charge is -2.33. The van der Waals surface area contributed by atoms with Gasteiger partial charge in [0.25, 0.3) is 0 Å². The molecular formula is C26H36OSi. The maximum atomic E-state index is 6.99. The third kappa shape index (κ3) is 5.04. The molecule has 0 radical (unpaired) electrons. The summed E-state index contributed by atoms with van der Waals surface area (Å²) in [6.07, 6.45) is 6.21. The summed E-state index contributed by atoms with van der Waals surface area (Å²) in [6.45, 7) is 7.02. The highest BCUT2D eigenvalue weighted by atomic mass is 28.4. The fourth-order valence-corrected chi connectivity index (χ4v) is 7.50. The van der Waals surface area contributed by atoms with Gasteiger partial charge in [-0.2, -0.15) is 0 Å². The van der Waals surface area contributed by atoms with E-state index in [9.17, 15) is 0 Å². The summed E-state index contributed by atoms with van der Waals surface area (Å²) in [5, 5.41) is 0. The third-order valence-corrected chi connectivity index (χ3v) is 11.3. The topological polar surface area (TPSA) is 9.23 Å². The Morgan fingerprint density at radius 2 is 1.50 bits per heavy atom. The molecule has 1 atom stereocenters. The van der Waals surface area contributed by atoms with E-state index in [1.54, 1.807) is 5.57 Å². The normalized spacial score (nSPS) is 19.0. The molecule has 2 aromatic rings. The lowest BCUT2D eigenvalue weighted by atomic mass is 9.92. The first-order chi connectivity index (χ1) is 13.7. The van der Waals surface area contributed by atoms with Gasteiger partial charge in [0.1, 0.15) is 0 Å². The van der Waals surface area contributed by atoms with Crippen LogP contribution < -0.4 is 0 Å². The zero-order valence-corrected chi connectivity index (χ0v) is 18.9. The van der Waals surface area contributed by atoms with Crippen molar-refractivity contribution in [3.8, 4) is 0 Å². The lowest BCUT2D eigenvalue weighted by Crippen LogP contribution is -2.39. The van der Waals surface area contributed by atoms with Crippen LogP contribution in [0.25, 0.3) is 5.57 Å². The van der Waals surface area contributed by atoms with E-state index in [4.69, 9.17) is 4.43 Å². The van der Waals surface area contributed by atoms with Gasteiger partial charge in [-0.05, 0) is 72.5 Å². The molecule has 1 aliphatic rings. The van der Waals surface area contributed by atoms with Crippen LogP contribution in [0.4, 0.5) is 0 Å². The van der Waals surface area contributed by atoms with Crippen molar-refractivity contribution in [3.05, 3.63) is 77.4 Å². The Labute approximate surface area is 173 Å². The third-order valence-electron chi connectivity index (χ3n) is 6.64. The number of hydrogen-bond acceptors (Lipinski definition) is 1. The first kappa shape index (κ1) is 21.1. The highest BCUT2D eigenvalue weighted by molar-refractivity contribution is 6.73. The number of rotatable bonds is 9. The van der Waals surface area contributed by atoms with Crippen LogP contribution in [-0.2, 0) is 10.8 Å². The van der Waals surface area contributed by atoms with Gasteiger partial charge < -0.3 is 4.43 Å². The molecule has 0 heterocycles. The number of benzene rings is 2. The van der Waals surface area contributed by atoms with Crippen molar-refractivity contribution in [2.24, 2.45) is 0 Å². The second kappa shape index (κ2) is 10.2. The van der Waals surface area contributed by atoms with Gasteiger partial charge in [0.15, 0.2) is 8.32 Å². The average Bonchev–Trinajstić information content (AvgIpc) is 3.21. The van der Waals surface area contributed by atoms with E-state index >= 15 is 0 Å². The molecule has 0 saturated heterocycles. The standard InChI is InChI=1S/C26H36OSi/c1-4-28(5-2,6-3)27-26-19-13-18-25(26)24(23-16-11-8-12-17-23)21-20-22-14-9-7-10-15-22/h7-12,14-17,26H,4-6,13,18-21H2,1-3H3/b25-24+. The summed E-state index contributed by atoms with van der Waals surface area (Å²) in [5.41, 5.74) is 5.94. The smallest absolute Gasteiger partial charge is 0.192 e. The molecule has 0 N–H and O–H groups in total. The predicted molar refractivity (Wildman–Crippen MR) is 124 cm³/mol. The largest absolute Gasteiger partial charge is 0.410 e. The molecule has 0 aromatic heterocycles. The highest BCUT2D eigenvalue weighted by Crippen LogP contribution is 2.39. The van der Waals surface area contributed by atoms with Gasteiger partial charge in [-0.15, -0.1) is 0 Å². The van der Waals surface area contributed by atoms with E-state index in [1.165, 1.54) is 54.1 Å². The minimum atomic E-state index is -1.59. The maximum Gasteiger partial charge on any atom is 0.192 e. The first-order valence-corrected chi connectivity index (χ1v) is 13.7. The van der Waals surface area contributed by atoms with Crippen molar-refractivity contribution in [3.63, 3.8) is 0 Å². The molecule has 1 unspecified atom stereocenters. The molecule has 0 aliphatic heterocycles. The molecule has 0 bridgehead atoms. The van der Waals surface area contributed by atoms with Crippen LogP contribution in [-0.4, -0.2) is 14.4 Å². The van der Waals surface area contributed by atoms with Crippen molar-refractivity contribution >= 4 is 13.9 Å². The van der Waals surface area contributed by atoms with Crippen molar-refractivity contribution in [2.75, 3.05) is 0 Å². The van der Waals surface area contributed by atoms with Crippen LogP contribution in [0.5, 0.6) is 0 Å². The van der Waals surface area contributed by atoms with E-state index in [0.717, 1.165) is 12.8 Å². The summed E-state index contributed by atoms with van der Waals surface area (Å²) in [7, 11) is -1.59. The summed E-state index contributed by atoms with van der Waals surface area (Å²) >= 11 is 0. The summed E-state index contributed by atoms with van der Waals surface area (Å²) in [4.78, 5) is 0. The second-order valence-corrected chi connectivity index (χ2v) is 12.8. The van der Waals surface area contributed by atoms with Gasteiger partial charge in [0, 0.05) is 0 Å². The summed E-state index contributed by atoms with van der Waals surface area (Å²) in [6, 6.07) is 25.6. The van der Waals surface area contributed by atoms with Crippen LogP contribution in [0.3, 0.4) is 0 Å². The summed E-state index contributed by atoms with van der Waals surface area (Å²) in [5.74, 6) is 0. The fourth-order valence-electron chi connectivity index (χ4n) is 4.63.